The number of hydrogen-bond acceptors (Lipinski definition) is 2. The van der Waals surface area contributed by atoms with Crippen molar-refractivity contribution in [3.8, 4) is 11.1 Å². The topological polar surface area (TPSA) is 52.0 Å². The fraction of sp³-hybridized carbons (Fsp3) is 0.250. The molecular formula is C16H10F10N2. The van der Waals surface area contributed by atoms with Gasteiger partial charge in [0.2, 0.25) is 0 Å². The van der Waals surface area contributed by atoms with Crippen LogP contribution in [0.2, 0.25) is 0 Å². The molecule has 0 aromatic heterocycles. The van der Waals surface area contributed by atoms with Gasteiger partial charge in [-0.15, -0.1) is 0 Å². The predicted molar refractivity (Wildman–Crippen MR) is 80.6 cm³/mol. The van der Waals surface area contributed by atoms with Crippen molar-refractivity contribution in [1.82, 2.24) is 0 Å². The molecule has 12 heteroatoms. The van der Waals surface area contributed by atoms with Gasteiger partial charge in [0.15, 0.2) is 0 Å². The van der Waals surface area contributed by atoms with Gasteiger partial charge in [-0.2, -0.15) is 43.9 Å². The van der Waals surface area contributed by atoms with Gasteiger partial charge in [-0.25, -0.2) is 0 Å². The molecule has 154 valence electrons. The molecule has 0 amide bonds. The summed E-state index contributed by atoms with van der Waals surface area (Å²) in [5, 5.41) is 0. The monoisotopic (exact) mass is 420 g/mol. The highest BCUT2D eigenvalue weighted by molar-refractivity contribution is 5.72. The third-order valence-corrected chi connectivity index (χ3v) is 3.83. The van der Waals surface area contributed by atoms with Crippen LogP contribution >= 0.6 is 0 Å². The lowest BCUT2D eigenvalue weighted by molar-refractivity contribution is -0.289. The zero-order valence-electron chi connectivity index (χ0n) is 13.4. The van der Waals surface area contributed by atoms with Gasteiger partial charge in [0.05, 0.1) is 11.1 Å². The summed E-state index contributed by atoms with van der Waals surface area (Å²) in [7, 11) is 0. The van der Waals surface area contributed by atoms with Crippen LogP contribution < -0.4 is 11.5 Å². The minimum atomic E-state index is -6.00. The number of alkyl halides is 10. The Balaban J connectivity index is 2.65. The van der Waals surface area contributed by atoms with Crippen LogP contribution in [0.1, 0.15) is 11.1 Å². The molecule has 0 radical (unpaired) electrons. The first-order chi connectivity index (χ1) is 12.5. The maximum atomic E-state index is 13.6. The third-order valence-electron chi connectivity index (χ3n) is 3.83. The average Bonchev–Trinajstić information content (AvgIpc) is 2.53. The molecule has 0 saturated carbocycles. The van der Waals surface area contributed by atoms with E-state index in [-0.39, 0.29) is 12.1 Å². The number of nitrogens with two attached hydrogens (primary N) is 2. The number of rotatable bonds is 3. The van der Waals surface area contributed by atoms with Crippen molar-refractivity contribution in [1.29, 1.82) is 0 Å². The highest BCUT2D eigenvalue weighted by atomic mass is 19.4. The summed E-state index contributed by atoms with van der Waals surface area (Å²) in [6, 6.07) is 3.64. The van der Waals surface area contributed by atoms with E-state index in [1.165, 1.54) is 0 Å². The van der Waals surface area contributed by atoms with E-state index in [1.54, 1.807) is 0 Å². The molecule has 0 unspecified atom stereocenters. The largest absolute Gasteiger partial charge is 0.458 e. The Labute approximate surface area is 150 Å². The maximum absolute atomic E-state index is 13.6. The van der Waals surface area contributed by atoms with Crippen LogP contribution in [-0.2, 0) is 11.8 Å². The molecule has 2 aromatic rings. The molecule has 0 heterocycles. The molecule has 0 bridgehead atoms. The first-order valence-corrected chi connectivity index (χ1v) is 7.19. The highest BCUT2D eigenvalue weighted by Crippen LogP contribution is 2.48. The SMILES string of the molecule is Nc1ccc(-c2ccc(N)c(C(F)(F)C(F)(F)F)c2)cc1C(F)(F)C(F)(F)F. The van der Waals surface area contributed by atoms with Crippen LogP contribution in [0, 0.1) is 0 Å². The van der Waals surface area contributed by atoms with Gasteiger partial charge in [-0.05, 0) is 35.4 Å². The highest BCUT2D eigenvalue weighted by Gasteiger charge is 2.60. The van der Waals surface area contributed by atoms with E-state index in [2.05, 4.69) is 0 Å². The summed E-state index contributed by atoms with van der Waals surface area (Å²) >= 11 is 0. The van der Waals surface area contributed by atoms with Gasteiger partial charge in [0.25, 0.3) is 0 Å². The molecule has 0 saturated heterocycles. The van der Waals surface area contributed by atoms with Crippen molar-refractivity contribution in [3.63, 3.8) is 0 Å². The van der Waals surface area contributed by atoms with E-state index in [0.717, 1.165) is 12.1 Å². The Morgan fingerprint density at radius 2 is 0.786 bits per heavy atom. The quantitative estimate of drug-likeness (QED) is 0.485. The van der Waals surface area contributed by atoms with Crippen LogP contribution in [0.15, 0.2) is 36.4 Å². The minimum absolute atomic E-state index is 0.268. The number of anilines is 2. The summed E-state index contributed by atoms with van der Waals surface area (Å²) in [5.74, 6) is -10.8. The van der Waals surface area contributed by atoms with Crippen LogP contribution in [-0.4, -0.2) is 12.4 Å². The van der Waals surface area contributed by atoms with E-state index < -0.39 is 57.8 Å². The molecule has 2 nitrogen and oxygen atoms in total. The normalized spacial score (nSPS) is 13.6. The molecule has 0 fully saturated rings. The van der Waals surface area contributed by atoms with Crippen molar-refractivity contribution in [2.75, 3.05) is 11.5 Å². The molecule has 0 atom stereocenters. The van der Waals surface area contributed by atoms with Crippen molar-refractivity contribution < 1.29 is 43.9 Å². The summed E-state index contributed by atoms with van der Waals surface area (Å²) in [6.45, 7) is 0. The number of halogens is 10. The van der Waals surface area contributed by atoms with Gasteiger partial charge >= 0.3 is 24.2 Å². The van der Waals surface area contributed by atoms with Crippen molar-refractivity contribution in [2.45, 2.75) is 24.2 Å². The summed E-state index contributed by atoms with van der Waals surface area (Å²) in [4.78, 5) is 0. The van der Waals surface area contributed by atoms with Gasteiger partial charge in [-0.3, -0.25) is 0 Å². The summed E-state index contributed by atoms with van der Waals surface area (Å²) in [6.07, 6.45) is -12.0. The maximum Gasteiger partial charge on any atom is 0.458 e. The van der Waals surface area contributed by atoms with E-state index in [1.807, 2.05) is 0 Å². The number of hydrogen-bond donors (Lipinski definition) is 2. The average molecular weight is 420 g/mol. The number of nitrogen functional groups attached to an aromatic ring is 2. The fourth-order valence-electron chi connectivity index (χ4n) is 2.32. The standard InChI is InChI=1S/C16H10F10N2/c17-13(18,15(21,22)23)9-5-7(1-3-11(9)27)8-2-4-12(28)10(6-8)14(19,20)16(24,25)26/h1-6H,27-28H2. The Morgan fingerprint density at radius 3 is 1.04 bits per heavy atom. The lowest BCUT2D eigenvalue weighted by Crippen LogP contribution is -2.34. The van der Waals surface area contributed by atoms with Crippen molar-refractivity contribution in [3.05, 3.63) is 47.5 Å². The number of benzene rings is 2. The first kappa shape index (κ1) is 21.6. The fourth-order valence-corrected chi connectivity index (χ4v) is 2.32. The zero-order chi connectivity index (χ0) is 21.7. The second kappa shape index (κ2) is 6.45. The Morgan fingerprint density at radius 1 is 0.500 bits per heavy atom. The van der Waals surface area contributed by atoms with Crippen LogP contribution in [0.5, 0.6) is 0 Å². The van der Waals surface area contributed by atoms with Crippen molar-refractivity contribution >= 4 is 11.4 Å². The van der Waals surface area contributed by atoms with Crippen LogP contribution in [0.25, 0.3) is 11.1 Å². The summed E-state index contributed by atoms with van der Waals surface area (Å²) in [5.41, 5.74) is 4.12. The summed E-state index contributed by atoms with van der Waals surface area (Å²) < 4.78 is 130. The van der Waals surface area contributed by atoms with E-state index in [0.29, 0.717) is 12.1 Å². The molecular weight excluding hydrogens is 410 g/mol. The van der Waals surface area contributed by atoms with E-state index >= 15 is 0 Å². The minimum Gasteiger partial charge on any atom is -0.398 e. The molecule has 0 aliphatic heterocycles. The molecule has 2 rings (SSSR count). The van der Waals surface area contributed by atoms with Gasteiger partial charge < -0.3 is 11.5 Å². The third kappa shape index (κ3) is 3.54. The zero-order valence-corrected chi connectivity index (χ0v) is 13.4. The molecule has 4 N–H and O–H groups in total. The van der Waals surface area contributed by atoms with Crippen molar-refractivity contribution in [2.24, 2.45) is 0 Å². The second-order valence-electron chi connectivity index (χ2n) is 5.75. The second-order valence-corrected chi connectivity index (χ2v) is 5.75. The molecule has 0 spiro atoms. The molecule has 2 aromatic carbocycles. The van der Waals surface area contributed by atoms with E-state index in [4.69, 9.17) is 11.5 Å². The smallest absolute Gasteiger partial charge is 0.398 e. The lowest BCUT2D eigenvalue weighted by Gasteiger charge is -2.23. The van der Waals surface area contributed by atoms with Crippen LogP contribution in [0.4, 0.5) is 55.3 Å². The van der Waals surface area contributed by atoms with Gasteiger partial charge in [0, 0.05) is 11.4 Å². The van der Waals surface area contributed by atoms with Gasteiger partial charge in [-0.1, -0.05) is 12.1 Å². The Kier molecular flexibility index (Phi) is 4.98. The van der Waals surface area contributed by atoms with E-state index in [9.17, 15) is 43.9 Å². The van der Waals surface area contributed by atoms with Crippen LogP contribution in [0.3, 0.4) is 0 Å². The predicted octanol–water partition coefficient (Wildman–Crippen LogP) is 5.83. The Hall–Kier alpha value is -2.66. The Bertz CT molecular complexity index is 810. The first-order valence-electron chi connectivity index (χ1n) is 7.19. The van der Waals surface area contributed by atoms with Gasteiger partial charge in [0.1, 0.15) is 0 Å². The molecule has 0 aliphatic rings. The lowest BCUT2D eigenvalue weighted by atomic mass is 9.95. The molecule has 0 aliphatic carbocycles. The molecule has 28 heavy (non-hydrogen) atoms.